The molecule has 0 unspecified atom stereocenters. The molecule has 156 valence electrons. The fourth-order valence-corrected chi connectivity index (χ4v) is 4.02. The topological polar surface area (TPSA) is 75.5 Å². The first kappa shape index (κ1) is 21.0. The molecule has 0 saturated heterocycles. The minimum Gasteiger partial charge on any atom is -0.355 e. The Morgan fingerprint density at radius 3 is 2.61 bits per heavy atom. The van der Waals surface area contributed by atoms with Gasteiger partial charge >= 0.3 is 0 Å². The van der Waals surface area contributed by atoms with Crippen LogP contribution < -0.4 is 10.6 Å². The number of nitrogens with one attached hydrogen (secondary N) is 2. The second kappa shape index (κ2) is 9.24. The van der Waals surface area contributed by atoms with Crippen LogP contribution in [0.2, 0.25) is 5.02 Å². The van der Waals surface area contributed by atoms with Crippen molar-refractivity contribution in [3.63, 3.8) is 0 Å². The van der Waals surface area contributed by atoms with E-state index < -0.39 is 0 Å². The summed E-state index contributed by atoms with van der Waals surface area (Å²) in [5.41, 5.74) is 3.24. The summed E-state index contributed by atoms with van der Waals surface area (Å²) in [7, 11) is 1.53. The maximum absolute atomic E-state index is 12.6. The molecule has 0 aliphatic carbocycles. The van der Waals surface area contributed by atoms with Crippen LogP contribution in [0.1, 0.15) is 26.4 Å². The lowest BCUT2D eigenvalue weighted by atomic mass is 10.1. The largest absolute Gasteiger partial charge is 0.355 e. The number of pyridine rings is 1. The summed E-state index contributed by atoms with van der Waals surface area (Å²) in [6.45, 7) is 0. The number of hydrogen-bond acceptors (Lipinski definition) is 4. The third-order valence-corrected chi connectivity index (χ3v) is 5.99. The Morgan fingerprint density at radius 2 is 1.87 bits per heavy atom. The molecule has 4 rings (SSSR count). The molecule has 31 heavy (non-hydrogen) atoms. The van der Waals surface area contributed by atoms with Gasteiger partial charge in [-0.15, -0.1) is 11.8 Å². The summed E-state index contributed by atoms with van der Waals surface area (Å²) < 4.78 is 2.00. The molecule has 0 spiro atoms. The molecular weight excluding hydrogens is 432 g/mol. The van der Waals surface area contributed by atoms with Gasteiger partial charge in [-0.05, 0) is 54.6 Å². The zero-order valence-corrected chi connectivity index (χ0v) is 18.2. The molecule has 6 nitrogen and oxygen atoms in total. The van der Waals surface area contributed by atoms with Gasteiger partial charge in [0.2, 0.25) is 0 Å². The normalized spacial score (nSPS) is 10.8. The van der Waals surface area contributed by atoms with E-state index in [2.05, 4.69) is 15.6 Å². The van der Waals surface area contributed by atoms with Crippen molar-refractivity contribution < 1.29 is 9.59 Å². The van der Waals surface area contributed by atoms with Gasteiger partial charge in [-0.1, -0.05) is 17.7 Å². The molecule has 0 fully saturated rings. The summed E-state index contributed by atoms with van der Waals surface area (Å²) in [6.07, 6.45) is 3.99. The van der Waals surface area contributed by atoms with Crippen molar-refractivity contribution in [1.82, 2.24) is 14.7 Å². The van der Waals surface area contributed by atoms with E-state index in [0.717, 1.165) is 22.0 Å². The molecule has 8 heteroatoms. The number of aromatic nitrogens is 2. The SMILES string of the molecule is CNC(=O)c1cc(NC(=O)c2ccc(SCc3cn4ccccc4n3)cc2)ccc1Cl. The predicted molar refractivity (Wildman–Crippen MR) is 124 cm³/mol. The van der Waals surface area contributed by atoms with Gasteiger partial charge in [0.15, 0.2) is 0 Å². The number of carbonyl (C=O) groups excluding carboxylic acids is 2. The number of fused-ring (bicyclic) bond motifs is 1. The lowest BCUT2D eigenvalue weighted by Gasteiger charge is -2.09. The summed E-state index contributed by atoms with van der Waals surface area (Å²) in [5, 5.41) is 5.65. The second-order valence-electron chi connectivity index (χ2n) is 6.74. The van der Waals surface area contributed by atoms with Gasteiger partial charge in [0.1, 0.15) is 5.65 Å². The van der Waals surface area contributed by atoms with E-state index >= 15 is 0 Å². The highest BCUT2D eigenvalue weighted by atomic mass is 35.5. The first-order valence-corrected chi connectivity index (χ1v) is 10.9. The third kappa shape index (κ3) is 4.90. The quantitative estimate of drug-likeness (QED) is 0.410. The Balaban J connectivity index is 1.39. The Labute approximate surface area is 188 Å². The van der Waals surface area contributed by atoms with Crippen LogP contribution in [0.15, 0.2) is 78.0 Å². The van der Waals surface area contributed by atoms with Crippen molar-refractivity contribution in [2.24, 2.45) is 0 Å². The number of hydrogen-bond donors (Lipinski definition) is 2. The van der Waals surface area contributed by atoms with Crippen LogP contribution in [0.3, 0.4) is 0 Å². The van der Waals surface area contributed by atoms with E-state index in [4.69, 9.17) is 11.6 Å². The molecule has 2 aromatic carbocycles. The number of halogens is 1. The minimum absolute atomic E-state index is 0.262. The number of rotatable bonds is 6. The predicted octanol–water partition coefficient (Wildman–Crippen LogP) is 4.89. The highest BCUT2D eigenvalue weighted by Crippen LogP contribution is 2.24. The van der Waals surface area contributed by atoms with Crippen molar-refractivity contribution in [1.29, 1.82) is 0 Å². The Kier molecular flexibility index (Phi) is 6.25. The van der Waals surface area contributed by atoms with Crippen LogP contribution in [-0.4, -0.2) is 28.2 Å². The fraction of sp³-hybridized carbons (Fsp3) is 0.0870. The molecule has 0 bridgehead atoms. The van der Waals surface area contributed by atoms with Gasteiger partial charge in [-0.3, -0.25) is 9.59 Å². The van der Waals surface area contributed by atoms with Gasteiger partial charge in [-0.25, -0.2) is 4.98 Å². The first-order chi connectivity index (χ1) is 15.0. The van der Waals surface area contributed by atoms with E-state index in [1.54, 1.807) is 42.1 Å². The van der Waals surface area contributed by atoms with Gasteiger partial charge in [0, 0.05) is 41.3 Å². The number of imidazole rings is 1. The zero-order valence-electron chi connectivity index (χ0n) is 16.6. The van der Waals surface area contributed by atoms with Crippen LogP contribution in [0.25, 0.3) is 5.65 Å². The molecule has 4 aromatic rings. The second-order valence-corrected chi connectivity index (χ2v) is 8.20. The number of thioether (sulfide) groups is 1. The number of amides is 2. The Bertz CT molecular complexity index is 1220. The standard InChI is InChI=1S/C23H19ClN4O2S/c1-25-23(30)19-12-16(7-10-20(19)24)27-22(29)15-5-8-18(9-6-15)31-14-17-13-28-11-3-2-4-21(28)26-17/h2-13H,14H2,1H3,(H,25,30)(H,27,29). The fourth-order valence-electron chi connectivity index (χ4n) is 3.03. The average Bonchev–Trinajstić information content (AvgIpc) is 3.22. The lowest BCUT2D eigenvalue weighted by Crippen LogP contribution is -2.19. The van der Waals surface area contributed by atoms with Crippen molar-refractivity contribution in [2.45, 2.75) is 10.6 Å². The molecule has 2 amide bonds. The average molecular weight is 451 g/mol. The van der Waals surface area contributed by atoms with Crippen molar-refractivity contribution in [3.8, 4) is 0 Å². The molecule has 2 heterocycles. The Hall–Kier alpha value is -3.29. The monoisotopic (exact) mass is 450 g/mol. The maximum atomic E-state index is 12.6. The van der Waals surface area contributed by atoms with E-state index in [0.29, 0.717) is 21.8 Å². The zero-order chi connectivity index (χ0) is 21.8. The van der Waals surface area contributed by atoms with Crippen molar-refractivity contribution >= 4 is 46.5 Å². The molecule has 0 saturated carbocycles. The summed E-state index contributed by atoms with van der Waals surface area (Å²) >= 11 is 7.71. The van der Waals surface area contributed by atoms with Crippen LogP contribution >= 0.6 is 23.4 Å². The minimum atomic E-state index is -0.312. The smallest absolute Gasteiger partial charge is 0.255 e. The van der Waals surface area contributed by atoms with Gasteiger partial charge in [-0.2, -0.15) is 0 Å². The molecule has 0 aliphatic heterocycles. The first-order valence-electron chi connectivity index (χ1n) is 9.52. The maximum Gasteiger partial charge on any atom is 0.255 e. The van der Waals surface area contributed by atoms with E-state index in [1.807, 2.05) is 47.1 Å². The van der Waals surface area contributed by atoms with Crippen LogP contribution in [0.5, 0.6) is 0 Å². The number of anilines is 1. The van der Waals surface area contributed by atoms with E-state index in [1.165, 1.54) is 7.05 Å². The van der Waals surface area contributed by atoms with E-state index in [9.17, 15) is 9.59 Å². The highest BCUT2D eigenvalue weighted by Gasteiger charge is 2.12. The summed E-state index contributed by atoms with van der Waals surface area (Å²) in [4.78, 5) is 30.1. The Morgan fingerprint density at radius 1 is 1.06 bits per heavy atom. The van der Waals surface area contributed by atoms with Gasteiger partial charge in [0.25, 0.3) is 11.8 Å². The van der Waals surface area contributed by atoms with Crippen molar-refractivity contribution in [3.05, 3.63) is 94.9 Å². The van der Waals surface area contributed by atoms with Gasteiger partial charge < -0.3 is 15.0 Å². The van der Waals surface area contributed by atoms with Crippen LogP contribution in [0.4, 0.5) is 5.69 Å². The molecule has 2 aromatic heterocycles. The number of nitrogens with zero attached hydrogens (tertiary/aromatic N) is 2. The molecule has 2 N–H and O–H groups in total. The molecular formula is C23H19ClN4O2S. The molecule has 0 radical (unpaired) electrons. The number of benzene rings is 2. The molecule has 0 aliphatic rings. The van der Waals surface area contributed by atoms with E-state index in [-0.39, 0.29) is 11.8 Å². The van der Waals surface area contributed by atoms with Crippen molar-refractivity contribution in [2.75, 3.05) is 12.4 Å². The summed E-state index contributed by atoms with van der Waals surface area (Å²) in [5.74, 6) is 0.162. The third-order valence-electron chi connectivity index (χ3n) is 4.61. The van der Waals surface area contributed by atoms with Crippen LogP contribution in [-0.2, 0) is 5.75 Å². The van der Waals surface area contributed by atoms with Crippen LogP contribution in [0, 0.1) is 0 Å². The lowest BCUT2D eigenvalue weighted by molar-refractivity contribution is 0.0961. The molecule has 0 atom stereocenters. The van der Waals surface area contributed by atoms with Gasteiger partial charge in [0.05, 0.1) is 16.3 Å². The number of carbonyl (C=O) groups is 2. The highest BCUT2D eigenvalue weighted by molar-refractivity contribution is 7.98. The summed E-state index contributed by atoms with van der Waals surface area (Å²) in [6, 6.07) is 18.1.